The van der Waals surface area contributed by atoms with E-state index >= 15 is 0 Å². The van der Waals surface area contributed by atoms with E-state index in [9.17, 15) is 0 Å². The van der Waals surface area contributed by atoms with Crippen LogP contribution in [0, 0.1) is 0 Å². The van der Waals surface area contributed by atoms with Gasteiger partial charge in [-0.25, -0.2) is 4.98 Å². The summed E-state index contributed by atoms with van der Waals surface area (Å²) in [7, 11) is 0. The zero-order chi connectivity index (χ0) is 15.2. The van der Waals surface area contributed by atoms with Gasteiger partial charge in [0.15, 0.2) is 5.82 Å². The molecule has 1 saturated carbocycles. The van der Waals surface area contributed by atoms with Crippen LogP contribution in [0.25, 0.3) is 11.0 Å². The van der Waals surface area contributed by atoms with Crippen LogP contribution >= 0.6 is 0 Å². The van der Waals surface area contributed by atoms with Gasteiger partial charge >= 0.3 is 6.01 Å². The second-order valence-corrected chi connectivity index (χ2v) is 6.63. The highest BCUT2D eigenvalue weighted by Crippen LogP contribution is 2.39. The van der Waals surface area contributed by atoms with E-state index in [-0.39, 0.29) is 0 Å². The molecule has 0 amide bonds. The zero-order valence-corrected chi connectivity index (χ0v) is 12.9. The number of nitrogens with zero attached hydrogens (tertiary/aromatic N) is 4. The maximum atomic E-state index is 5.48. The molecule has 2 aliphatic rings. The molecule has 1 saturated heterocycles. The van der Waals surface area contributed by atoms with Gasteiger partial charge in [0, 0.05) is 24.9 Å². The SMILES string of the molecule is c1ccc2[nH]c(C3CCCN(c4nc(C5CC5)no4)C3)nc2c1. The summed E-state index contributed by atoms with van der Waals surface area (Å²) in [6.45, 7) is 1.86. The van der Waals surface area contributed by atoms with Crippen molar-refractivity contribution in [2.24, 2.45) is 0 Å². The van der Waals surface area contributed by atoms with E-state index in [0.29, 0.717) is 17.9 Å². The molecule has 1 N–H and O–H groups in total. The number of imidazole rings is 1. The number of benzene rings is 1. The number of rotatable bonds is 3. The van der Waals surface area contributed by atoms with Gasteiger partial charge in [0.2, 0.25) is 0 Å². The Hall–Kier alpha value is -2.37. The van der Waals surface area contributed by atoms with Crippen molar-refractivity contribution in [1.82, 2.24) is 20.1 Å². The molecule has 3 aromatic rings. The Morgan fingerprint density at radius 3 is 2.87 bits per heavy atom. The van der Waals surface area contributed by atoms with Crippen molar-refractivity contribution < 1.29 is 4.52 Å². The lowest BCUT2D eigenvalue weighted by atomic mass is 9.98. The van der Waals surface area contributed by atoms with Crippen molar-refractivity contribution in [1.29, 1.82) is 0 Å². The maximum absolute atomic E-state index is 5.48. The summed E-state index contributed by atoms with van der Waals surface area (Å²) in [6.07, 6.45) is 4.64. The van der Waals surface area contributed by atoms with Gasteiger partial charge in [-0.2, -0.15) is 4.98 Å². The first-order valence-corrected chi connectivity index (χ1v) is 8.40. The summed E-state index contributed by atoms with van der Waals surface area (Å²) in [6, 6.07) is 8.86. The molecule has 0 bridgehead atoms. The van der Waals surface area contributed by atoms with Crippen LogP contribution in [0.5, 0.6) is 0 Å². The van der Waals surface area contributed by atoms with Gasteiger partial charge in [-0.1, -0.05) is 17.3 Å². The summed E-state index contributed by atoms with van der Waals surface area (Å²) >= 11 is 0. The van der Waals surface area contributed by atoms with Gasteiger partial charge in [-0.3, -0.25) is 0 Å². The molecule has 1 aliphatic carbocycles. The van der Waals surface area contributed by atoms with Crippen molar-refractivity contribution in [3.63, 3.8) is 0 Å². The maximum Gasteiger partial charge on any atom is 0.324 e. The highest BCUT2D eigenvalue weighted by molar-refractivity contribution is 5.74. The van der Waals surface area contributed by atoms with E-state index in [0.717, 1.165) is 48.6 Å². The number of hydrogen-bond donors (Lipinski definition) is 1. The fourth-order valence-electron chi connectivity index (χ4n) is 3.40. The van der Waals surface area contributed by atoms with E-state index in [1.807, 2.05) is 12.1 Å². The van der Waals surface area contributed by atoms with Crippen molar-refractivity contribution >= 4 is 17.0 Å². The van der Waals surface area contributed by atoms with E-state index in [1.54, 1.807) is 0 Å². The molecule has 118 valence electrons. The Morgan fingerprint density at radius 2 is 2.00 bits per heavy atom. The van der Waals surface area contributed by atoms with Gasteiger partial charge in [0.25, 0.3) is 0 Å². The molecule has 2 fully saturated rings. The summed E-state index contributed by atoms with van der Waals surface area (Å²) < 4.78 is 5.48. The Labute approximate surface area is 133 Å². The average molecular weight is 309 g/mol. The standard InChI is InChI=1S/C17H19N5O/c1-2-6-14-13(5-1)18-15(19-14)12-4-3-9-22(10-12)17-20-16(21-23-17)11-7-8-11/h1-2,5-6,11-12H,3-4,7-10H2,(H,18,19). The van der Waals surface area contributed by atoms with Crippen LogP contribution in [0.15, 0.2) is 28.8 Å². The normalized spacial score (nSPS) is 21.9. The highest BCUT2D eigenvalue weighted by Gasteiger charge is 2.31. The molecule has 3 heterocycles. The third-order valence-electron chi connectivity index (χ3n) is 4.86. The molecule has 0 radical (unpaired) electrons. The van der Waals surface area contributed by atoms with Crippen molar-refractivity contribution in [3.8, 4) is 0 Å². The van der Waals surface area contributed by atoms with Gasteiger partial charge in [-0.05, 0) is 37.8 Å². The van der Waals surface area contributed by atoms with Crippen LogP contribution in [0.1, 0.15) is 49.2 Å². The van der Waals surface area contributed by atoms with E-state index < -0.39 is 0 Å². The Bertz CT molecular complexity index is 801. The number of anilines is 1. The number of H-pyrrole nitrogens is 1. The average Bonchev–Trinajstić information content (AvgIpc) is 3.17. The van der Waals surface area contributed by atoms with Crippen molar-refractivity contribution in [3.05, 3.63) is 35.9 Å². The first-order chi connectivity index (χ1) is 11.4. The smallest absolute Gasteiger partial charge is 0.324 e. The van der Waals surface area contributed by atoms with Crippen LogP contribution < -0.4 is 4.90 Å². The van der Waals surface area contributed by atoms with Gasteiger partial charge < -0.3 is 14.4 Å². The van der Waals surface area contributed by atoms with E-state index in [1.165, 1.54) is 12.8 Å². The van der Waals surface area contributed by atoms with Crippen LogP contribution in [-0.4, -0.2) is 33.2 Å². The molecule has 6 nitrogen and oxygen atoms in total. The molecule has 1 aliphatic heterocycles. The highest BCUT2D eigenvalue weighted by atomic mass is 16.5. The molecule has 6 heteroatoms. The second-order valence-electron chi connectivity index (χ2n) is 6.63. The third kappa shape index (κ3) is 2.38. The van der Waals surface area contributed by atoms with Crippen molar-refractivity contribution in [2.75, 3.05) is 18.0 Å². The summed E-state index contributed by atoms with van der Waals surface area (Å²) in [4.78, 5) is 15.0. The van der Waals surface area contributed by atoms with Gasteiger partial charge in [0.05, 0.1) is 11.0 Å². The predicted octanol–water partition coefficient (Wildman–Crippen LogP) is 3.21. The molecule has 1 atom stereocenters. The molecular formula is C17H19N5O. The number of aromatic nitrogens is 4. The Kier molecular flexibility index (Phi) is 2.89. The Morgan fingerprint density at radius 1 is 1.09 bits per heavy atom. The number of para-hydroxylation sites is 2. The minimum Gasteiger partial charge on any atom is -0.342 e. The molecule has 23 heavy (non-hydrogen) atoms. The van der Waals surface area contributed by atoms with Crippen LogP contribution in [-0.2, 0) is 0 Å². The number of fused-ring (bicyclic) bond motifs is 1. The largest absolute Gasteiger partial charge is 0.342 e. The van der Waals surface area contributed by atoms with E-state index in [4.69, 9.17) is 9.51 Å². The Balaban J connectivity index is 1.38. The van der Waals surface area contributed by atoms with Crippen LogP contribution in [0.3, 0.4) is 0 Å². The molecule has 1 aromatic carbocycles. The number of hydrogen-bond acceptors (Lipinski definition) is 5. The lowest BCUT2D eigenvalue weighted by Crippen LogP contribution is -2.35. The third-order valence-corrected chi connectivity index (χ3v) is 4.86. The van der Waals surface area contributed by atoms with E-state index in [2.05, 4.69) is 32.2 Å². The quantitative estimate of drug-likeness (QED) is 0.804. The summed E-state index contributed by atoms with van der Waals surface area (Å²) in [5, 5.41) is 4.13. The minimum atomic E-state index is 0.382. The lowest BCUT2D eigenvalue weighted by Gasteiger charge is -2.30. The van der Waals surface area contributed by atoms with Gasteiger partial charge in [0.1, 0.15) is 5.82 Å². The lowest BCUT2D eigenvalue weighted by molar-refractivity contribution is 0.386. The van der Waals surface area contributed by atoms with Crippen molar-refractivity contribution in [2.45, 2.75) is 37.5 Å². The molecule has 2 aromatic heterocycles. The predicted molar refractivity (Wildman–Crippen MR) is 86.6 cm³/mol. The number of piperidine rings is 1. The topological polar surface area (TPSA) is 70.8 Å². The number of nitrogens with one attached hydrogen (secondary N) is 1. The molecule has 5 rings (SSSR count). The van der Waals surface area contributed by atoms with Gasteiger partial charge in [-0.15, -0.1) is 0 Å². The van der Waals surface area contributed by atoms with Crippen LogP contribution in [0.4, 0.5) is 6.01 Å². The molecule has 0 spiro atoms. The fourth-order valence-corrected chi connectivity index (χ4v) is 3.40. The molecule has 1 unspecified atom stereocenters. The summed E-state index contributed by atoms with van der Waals surface area (Å²) in [5.74, 6) is 2.86. The van der Waals surface area contributed by atoms with Crippen LogP contribution in [0.2, 0.25) is 0 Å². The minimum absolute atomic E-state index is 0.382. The first kappa shape index (κ1) is 13.1. The summed E-state index contributed by atoms with van der Waals surface area (Å²) in [5.41, 5.74) is 2.14. The first-order valence-electron chi connectivity index (χ1n) is 8.40. The number of aromatic amines is 1. The second kappa shape index (κ2) is 5.08. The fraction of sp³-hybridized carbons (Fsp3) is 0.471. The molecular weight excluding hydrogens is 290 g/mol. The zero-order valence-electron chi connectivity index (χ0n) is 12.9. The monoisotopic (exact) mass is 309 g/mol.